The number of ether oxygens (including phenoxy) is 4. The van der Waals surface area contributed by atoms with E-state index in [0.29, 0.717) is 0 Å². The van der Waals surface area contributed by atoms with Gasteiger partial charge in [0.25, 0.3) is 8.32 Å². The first kappa shape index (κ1) is 31.4. The Kier molecular flexibility index (Phi) is 9.84. The van der Waals surface area contributed by atoms with Gasteiger partial charge in [-0.25, -0.2) is 0 Å². The fourth-order valence-electron chi connectivity index (χ4n) is 5.65. The van der Waals surface area contributed by atoms with Crippen molar-refractivity contribution in [3.05, 3.63) is 109 Å². The zero-order valence-corrected chi connectivity index (χ0v) is 25.9. The third-order valence-electron chi connectivity index (χ3n) is 7.52. The molecule has 0 saturated carbocycles. The molecule has 1 fully saturated rings. The van der Waals surface area contributed by atoms with Crippen molar-refractivity contribution in [3.8, 4) is 0 Å². The van der Waals surface area contributed by atoms with Crippen molar-refractivity contribution in [2.75, 3.05) is 6.61 Å². The van der Waals surface area contributed by atoms with E-state index in [-0.39, 0.29) is 18.3 Å². The molecule has 0 spiro atoms. The lowest BCUT2D eigenvalue weighted by Crippen LogP contribution is -2.68. The van der Waals surface area contributed by atoms with Crippen LogP contribution >= 0.6 is 0 Å². The second-order valence-electron chi connectivity index (χ2n) is 11.5. The Morgan fingerprint density at radius 1 is 0.857 bits per heavy atom. The molecular formula is C34H40O7Si. The minimum Gasteiger partial charge on any atom is -0.453 e. The number of carbonyl (C=O) groups is 2. The average Bonchev–Trinajstić information content (AvgIpc) is 3.24. The predicted molar refractivity (Wildman–Crippen MR) is 164 cm³/mol. The van der Waals surface area contributed by atoms with Crippen LogP contribution in [0.15, 0.2) is 104 Å². The number of esters is 2. The molecule has 0 N–H and O–H groups in total. The molecule has 1 aliphatic heterocycles. The topological polar surface area (TPSA) is 80.3 Å². The summed E-state index contributed by atoms with van der Waals surface area (Å²) >= 11 is 0. The predicted octanol–water partition coefficient (Wildman–Crippen LogP) is 4.92. The average molecular weight is 589 g/mol. The summed E-state index contributed by atoms with van der Waals surface area (Å²) in [6, 6.07) is 30.1. The van der Waals surface area contributed by atoms with Crippen LogP contribution in [0.5, 0.6) is 0 Å². The van der Waals surface area contributed by atoms with Crippen LogP contribution in [0, 0.1) is 0 Å². The molecule has 1 aliphatic rings. The molecule has 8 heteroatoms. The Hall–Kier alpha value is -3.56. The maximum Gasteiger partial charge on any atom is 0.305 e. The molecule has 1 heterocycles. The summed E-state index contributed by atoms with van der Waals surface area (Å²) in [7, 11) is -3.00. The van der Waals surface area contributed by atoms with Crippen LogP contribution in [0.25, 0.3) is 0 Å². The maximum absolute atomic E-state index is 12.2. The minimum absolute atomic E-state index is 0.0127. The van der Waals surface area contributed by atoms with Crippen LogP contribution in [-0.2, 0) is 39.6 Å². The van der Waals surface area contributed by atoms with E-state index < -0.39 is 44.4 Å². The standard InChI is InChI=1S/C34H40O7Si/c1-7-34(24-38-42(33(4,5)6,28-19-13-9-14-20-28)29-21-15-10-16-22-29)31(37-23-27-17-11-8-12-18-27)30(39-25(2)35)32(41-34)40-26(3)36/h7-22,30-32H,1,23-24H2,2-6H3/t30-,31+,32?,34-/m1/s1. The fourth-order valence-corrected chi connectivity index (χ4v) is 10.3. The molecule has 3 aromatic carbocycles. The minimum atomic E-state index is -3.00. The molecule has 0 amide bonds. The van der Waals surface area contributed by atoms with Crippen molar-refractivity contribution in [1.29, 1.82) is 0 Å². The lowest BCUT2D eigenvalue weighted by molar-refractivity contribution is -0.201. The summed E-state index contributed by atoms with van der Waals surface area (Å²) in [4.78, 5) is 24.3. The number of hydrogen-bond acceptors (Lipinski definition) is 7. The summed E-state index contributed by atoms with van der Waals surface area (Å²) in [5.74, 6) is -1.13. The van der Waals surface area contributed by atoms with E-state index in [4.69, 9.17) is 23.4 Å². The summed E-state index contributed by atoms with van der Waals surface area (Å²) in [6.07, 6.45) is -1.54. The van der Waals surface area contributed by atoms with Crippen molar-refractivity contribution in [2.24, 2.45) is 0 Å². The quantitative estimate of drug-likeness (QED) is 0.179. The second kappa shape index (κ2) is 13.2. The summed E-state index contributed by atoms with van der Waals surface area (Å²) < 4.78 is 31.3. The SMILES string of the molecule is C=C[C@]1(CO[Si](c2ccccc2)(c2ccccc2)C(C)(C)C)OC(OC(C)=O)[C@H](OC(C)=O)[C@@H]1OCc1ccccc1. The first-order chi connectivity index (χ1) is 20.0. The highest BCUT2D eigenvalue weighted by Crippen LogP contribution is 2.42. The molecule has 0 bridgehead atoms. The largest absolute Gasteiger partial charge is 0.453 e. The Morgan fingerprint density at radius 3 is 1.81 bits per heavy atom. The van der Waals surface area contributed by atoms with Gasteiger partial charge >= 0.3 is 11.9 Å². The second-order valence-corrected chi connectivity index (χ2v) is 15.8. The maximum atomic E-state index is 12.2. The summed E-state index contributed by atoms with van der Waals surface area (Å²) in [6.45, 7) is 13.4. The van der Waals surface area contributed by atoms with Gasteiger partial charge in [-0.15, -0.1) is 6.58 Å². The van der Waals surface area contributed by atoms with Crippen molar-refractivity contribution < 1.29 is 33.0 Å². The van der Waals surface area contributed by atoms with Gasteiger partial charge in [-0.05, 0) is 21.0 Å². The highest BCUT2D eigenvalue weighted by molar-refractivity contribution is 6.99. The van der Waals surface area contributed by atoms with E-state index in [1.807, 2.05) is 66.7 Å². The van der Waals surface area contributed by atoms with Gasteiger partial charge in [-0.3, -0.25) is 9.59 Å². The van der Waals surface area contributed by atoms with Gasteiger partial charge in [0.05, 0.1) is 13.2 Å². The van der Waals surface area contributed by atoms with Crippen LogP contribution in [-0.4, -0.2) is 51.0 Å². The Balaban J connectivity index is 1.80. The first-order valence-electron chi connectivity index (χ1n) is 14.1. The van der Waals surface area contributed by atoms with E-state index in [9.17, 15) is 9.59 Å². The first-order valence-corrected chi connectivity index (χ1v) is 16.0. The molecule has 1 unspecified atom stereocenters. The molecule has 0 aromatic heterocycles. The van der Waals surface area contributed by atoms with Crippen LogP contribution in [0.4, 0.5) is 0 Å². The monoisotopic (exact) mass is 588 g/mol. The molecule has 0 radical (unpaired) electrons. The molecular weight excluding hydrogens is 548 g/mol. The molecule has 4 atom stereocenters. The van der Waals surface area contributed by atoms with Gasteiger partial charge in [0.15, 0.2) is 6.10 Å². The smallest absolute Gasteiger partial charge is 0.305 e. The molecule has 0 aliphatic carbocycles. The Labute approximate surface area is 249 Å². The lowest BCUT2D eigenvalue weighted by Gasteiger charge is -2.45. The van der Waals surface area contributed by atoms with Gasteiger partial charge in [0.2, 0.25) is 6.29 Å². The molecule has 4 rings (SSSR count). The number of benzene rings is 3. The van der Waals surface area contributed by atoms with Crippen LogP contribution in [0.2, 0.25) is 5.04 Å². The van der Waals surface area contributed by atoms with Crippen LogP contribution < -0.4 is 10.4 Å². The molecule has 7 nitrogen and oxygen atoms in total. The van der Waals surface area contributed by atoms with Crippen molar-refractivity contribution in [3.63, 3.8) is 0 Å². The molecule has 3 aromatic rings. The molecule has 222 valence electrons. The summed E-state index contributed by atoms with van der Waals surface area (Å²) in [5, 5.41) is 1.88. The fraction of sp³-hybridized carbons (Fsp3) is 0.353. The normalized spacial score (nSPS) is 22.4. The number of hydrogen-bond donors (Lipinski definition) is 0. The third kappa shape index (κ3) is 6.57. The van der Waals surface area contributed by atoms with E-state index >= 15 is 0 Å². The third-order valence-corrected chi connectivity index (χ3v) is 12.5. The van der Waals surface area contributed by atoms with E-state index in [1.54, 1.807) is 6.08 Å². The van der Waals surface area contributed by atoms with Crippen LogP contribution in [0.1, 0.15) is 40.2 Å². The summed E-state index contributed by atoms with van der Waals surface area (Å²) in [5.41, 5.74) is -0.400. The number of rotatable bonds is 11. The van der Waals surface area contributed by atoms with E-state index in [2.05, 4.69) is 51.6 Å². The Morgan fingerprint density at radius 2 is 1.36 bits per heavy atom. The number of carbonyl (C=O) groups excluding carboxylic acids is 2. The lowest BCUT2D eigenvalue weighted by atomic mass is 9.96. The van der Waals surface area contributed by atoms with Gasteiger partial charge in [0, 0.05) is 13.8 Å². The highest BCUT2D eigenvalue weighted by atomic mass is 28.4. The molecule has 42 heavy (non-hydrogen) atoms. The zero-order chi connectivity index (χ0) is 30.4. The van der Waals surface area contributed by atoms with Crippen LogP contribution in [0.3, 0.4) is 0 Å². The van der Waals surface area contributed by atoms with E-state index in [1.165, 1.54) is 13.8 Å². The van der Waals surface area contributed by atoms with Gasteiger partial charge in [-0.2, -0.15) is 0 Å². The van der Waals surface area contributed by atoms with E-state index in [0.717, 1.165) is 15.9 Å². The van der Waals surface area contributed by atoms with Gasteiger partial charge < -0.3 is 23.4 Å². The Bertz CT molecular complexity index is 1300. The van der Waals surface area contributed by atoms with Crippen molar-refractivity contribution in [2.45, 2.75) is 70.4 Å². The van der Waals surface area contributed by atoms with Crippen molar-refractivity contribution >= 4 is 30.6 Å². The highest BCUT2D eigenvalue weighted by Gasteiger charge is 2.60. The zero-order valence-electron chi connectivity index (χ0n) is 24.9. The van der Waals surface area contributed by atoms with Gasteiger partial charge in [0.1, 0.15) is 11.7 Å². The van der Waals surface area contributed by atoms with Gasteiger partial charge in [-0.1, -0.05) is 118 Å². The van der Waals surface area contributed by atoms with Crippen molar-refractivity contribution in [1.82, 2.24) is 0 Å². The molecule has 1 saturated heterocycles.